The number of nitrogens with zero attached hydrogens (tertiary/aromatic N) is 3. The zero-order valence-electron chi connectivity index (χ0n) is 23.9. The lowest BCUT2D eigenvalue weighted by Crippen LogP contribution is -2.56. The first-order valence-electron chi connectivity index (χ1n) is 13.2. The third-order valence-electron chi connectivity index (χ3n) is 6.92. The molecule has 7 nitrogen and oxygen atoms in total. The van der Waals surface area contributed by atoms with Gasteiger partial charge in [0.15, 0.2) is 9.84 Å². The lowest BCUT2D eigenvalue weighted by atomic mass is 9.91. The first kappa shape index (κ1) is 34.2. The van der Waals surface area contributed by atoms with E-state index in [2.05, 4.69) is 0 Å². The van der Waals surface area contributed by atoms with Crippen molar-refractivity contribution in [3.63, 3.8) is 0 Å². The van der Waals surface area contributed by atoms with Crippen molar-refractivity contribution in [2.45, 2.75) is 61.6 Å². The quantitative estimate of drug-likeness (QED) is 0.266. The highest BCUT2D eigenvalue weighted by Gasteiger charge is 2.51. The van der Waals surface area contributed by atoms with Crippen LogP contribution in [0.2, 0.25) is 0 Å². The Bertz CT molecular complexity index is 1690. The van der Waals surface area contributed by atoms with Crippen LogP contribution in [0.25, 0.3) is 11.1 Å². The third kappa shape index (κ3) is 8.40. The number of primary amides is 1. The number of hydrogen-bond acceptors (Lipinski definition) is 6. The Morgan fingerprint density at radius 2 is 1.50 bits per heavy atom. The fraction of sp³-hybridized carbons (Fsp3) is 0.323. The van der Waals surface area contributed by atoms with Gasteiger partial charge >= 0.3 is 6.18 Å². The zero-order valence-corrected chi connectivity index (χ0v) is 24.8. The molecule has 0 aliphatic heterocycles. The second kappa shape index (κ2) is 13.1. The minimum Gasteiger partial charge on any atom is -0.368 e. The summed E-state index contributed by atoms with van der Waals surface area (Å²) < 4.78 is 98.0. The van der Waals surface area contributed by atoms with E-state index in [1.165, 1.54) is 42.5 Å². The molecule has 0 spiro atoms. The molecule has 0 fully saturated rings. The Morgan fingerprint density at radius 1 is 0.955 bits per heavy atom. The molecule has 0 aliphatic carbocycles. The van der Waals surface area contributed by atoms with Crippen LogP contribution in [0.3, 0.4) is 0 Å². The number of nitriles is 2. The van der Waals surface area contributed by atoms with Crippen LogP contribution < -0.4 is 5.73 Å². The summed E-state index contributed by atoms with van der Waals surface area (Å²) in [5.74, 6) is -2.26. The van der Waals surface area contributed by atoms with Gasteiger partial charge in [-0.3, -0.25) is 9.69 Å². The molecule has 0 bridgehead atoms. The van der Waals surface area contributed by atoms with Crippen molar-refractivity contribution in [1.82, 2.24) is 4.90 Å². The standard InChI is InChI=1S/C31H29F5N4O3S/c1-30(2,33)16-27(29(39)41)40(24(18-38)15-23-5-4-19(17-37)14-26(23)32)28(31(34,35)36)22-8-6-20(7-9-22)21-10-12-25(13-11-21)44(3,42)43/h4-14,24,27-28H,15-16H2,1-3H3,(H2,39,41)/t24-,27-,28-/m0/s1. The first-order chi connectivity index (χ1) is 20.4. The number of sulfone groups is 1. The largest absolute Gasteiger partial charge is 0.408 e. The summed E-state index contributed by atoms with van der Waals surface area (Å²) in [6.07, 6.45) is -5.52. The van der Waals surface area contributed by atoms with Gasteiger partial charge in [0.25, 0.3) is 0 Å². The molecule has 3 rings (SSSR count). The maximum atomic E-state index is 14.9. The average Bonchev–Trinajstić information content (AvgIpc) is 2.93. The summed E-state index contributed by atoms with van der Waals surface area (Å²) in [6, 6.07) is 11.0. The van der Waals surface area contributed by atoms with Crippen molar-refractivity contribution >= 4 is 15.7 Å². The third-order valence-corrected chi connectivity index (χ3v) is 8.05. The SMILES string of the molecule is CC(C)(F)C[C@@H](C(N)=O)N([C@H](C#N)Cc1ccc(C#N)cc1F)[C@@H](c1ccc(-c2ccc(S(C)(=O)=O)cc2)cc1)C(F)(F)F. The second-order valence-corrected chi connectivity index (χ2v) is 12.9. The number of alkyl halides is 4. The van der Waals surface area contributed by atoms with E-state index < -0.39 is 69.9 Å². The van der Waals surface area contributed by atoms with Crippen molar-refractivity contribution in [3.05, 3.63) is 89.2 Å². The van der Waals surface area contributed by atoms with Gasteiger partial charge in [0.2, 0.25) is 5.91 Å². The molecule has 0 aromatic heterocycles. The minimum atomic E-state index is -5.12. The van der Waals surface area contributed by atoms with Gasteiger partial charge in [-0.1, -0.05) is 42.5 Å². The van der Waals surface area contributed by atoms with E-state index in [1.807, 2.05) is 0 Å². The number of nitrogens with two attached hydrogens (primary N) is 1. The van der Waals surface area contributed by atoms with Crippen LogP contribution in [0.15, 0.2) is 71.6 Å². The molecule has 232 valence electrons. The summed E-state index contributed by atoms with van der Waals surface area (Å²) in [7, 11) is -3.47. The molecule has 1 amide bonds. The van der Waals surface area contributed by atoms with Gasteiger partial charge in [0, 0.05) is 19.1 Å². The molecular weight excluding hydrogens is 603 g/mol. The van der Waals surface area contributed by atoms with E-state index in [0.717, 1.165) is 44.4 Å². The fourth-order valence-corrected chi connectivity index (χ4v) is 5.51. The van der Waals surface area contributed by atoms with Crippen LogP contribution in [-0.4, -0.2) is 49.4 Å². The molecule has 2 N–H and O–H groups in total. The summed E-state index contributed by atoms with van der Waals surface area (Å²) in [4.78, 5) is 13.2. The van der Waals surface area contributed by atoms with Crippen LogP contribution >= 0.6 is 0 Å². The Labute approximate surface area is 252 Å². The van der Waals surface area contributed by atoms with Gasteiger partial charge in [-0.2, -0.15) is 23.7 Å². The molecule has 3 aromatic carbocycles. The molecule has 13 heteroatoms. The molecule has 0 saturated carbocycles. The van der Waals surface area contributed by atoms with E-state index in [0.29, 0.717) is 16.0 Å². The van der Waals surface area contributed by atoms with Crippen LogP contribution in [0.1, 0.15) is 43.0 Å². The lowest BCUT2D eigenvalue weighted by Gasteiger charge is -2.41. The number of carbonyl (C=O) groups excluding carboxylic acids is 1. The number of carbonyl (C=O) groups is 1. The highest BCUT2D eigenvalue weighted by molar-refractivity contribution is 7.90. The van der Waals surface area contributed by atoms with Crippen LogP contribution in [0, 0.1) is 28.5 Å². The van der Waals surface area contributed by atoms with Crippen LogP contribution in [0.4, 0.5) is 22.0 Å². The topological polar surface area (TPSA) is 128 Å². The summed E-state index contributed by atoms with van der Waals surface area (Å²) in [5, 5.41) is 19.1. The monoisotopic (exact) mass is 632 g/mol. The van der Waals surface area contributed by atoms with E-state index in [9.17, 15) is 40.4 Å². The second-order valence-electron chi connectivity index (χ2n) is 10.9. The molecule has 3 aromatic rings. The Hall–Kier alpha value is -4.33. The normalized spacial score (nSPS) is 14.3. The van der Waals surface area contributed by atoms with Crippen molar-refractivity contribution < 1.29 is 35.2 Å². The predicted octanol–water partition coefficient (Wildman–Crippen LogP) is 5.80. The van der Waals surface area contributed by atoms with Gasteiger partial charge in [0.05, 0.1) is 28.6 Å². The van der Waals surface area contributed by atoms with Crippen molar-refractivity contribution in [2.75, 3.05) is 6.26 Å². The number of benzene rings is 3. The average molecular weight is 633 g/mol. The summed E-state index contributed by atoms with van der Waals surface area (Å²) in [6.45, 7) is 2.10. The number of hydrogen-bond donors (Lipinski definition) is 1. The Morgan fingerprint density at radius 3 is 1.91 bits per heavy atom. The molecule has 0 radical (unpaired) electrons. The Balaban J connectivity index is 2.16. The minimum absolute atomic E-state index is 0.0509. The van der Waals surface area contributed by atoms with Gasteiger partial charge in [0.1, 0.15) is 23.6 Å². The Kier molecular flexibility index (Phi) is 10.2. The maximum Gasteiger partial charge on any atom is 0.408 e. The van der Waals surface area contributed by atoms with E-state index >= 15 is 0 Å². The molecule has 0 heterocycles. The van der Waals surface area contributed by atoms with Gasteiger partial charge in [-0.15, -0.1) is 0 Å². The number of rotatable bonds is 11. The number of halogens is 5. The highest BCUT2D eigenvalue weighted by atomic mass is 32.2. The van der Waals surface area contributed by atoms with Crippen molar-refractivity contribution in [2.24, 2.45) is 5.73 Å². The fourth-order valence-electron chi connectivity index (χ4n) is 4.88. The summed E-state index contributed by atoms with van der Waals surface area (Å²) >= 11 is 0. The van der Waals surface area contributed by atoms with Crippen LogP contribution in [0.5, 0.6) is 0 Å². The van der Waals surface area contributed by atoms with Gasteiger partial charge in [-0.25, -0.2) is 17.2 Å². The molecular formula is C31H29F5N4O3S. The van der Waals surface area contributed by atoms with Crippen molar-refractivity contribution in [3.8, 4) is 23.3 Å². The predicted molar refractivity (Wildman–Crippen MR) is 153 cm³/mol. The highest BCUT2D eigenvalue weighted by Crippen LogP contribution is 2.42. The molecule has 0 saturated heterocycles. The zero-order chi connectivity index (χ0) is 33.0. The molecule has 0 aliphatic rings. The molecule has 0 unspecified atom stereocenters. The van der Waals surface area contributed by atoms with Gasteiger partial charge in [-0.05, 0) is 60.4 Å². The maximum absolute atomic E-state index is 14.9. The summed E-state index contributed by atoms with van der Waals surface area (Å²) in [5.41, 5.74) is 3.63. The lowest BCUT2D eigenvalue weighted by molar-refractivity contribution is -0.198. The van der Waals surface area contributed by atoms with E-state index in [-0.39, 0.29) is 16.0 Å². The van der Waals surface area contributed by atoms with Gasteiger partial charge < -0.3 is 5.73 Å². The molecule has 44 heavy (non-hydrogen) atoms. The van der Waals surface area contributed by atoms with Crippen LogP contribution in [-0.2, 0) is 21.1 Å². The smallest absolute Gasteiger partial charge is 0.368 e. The first-order valence-corrected chi connectivity index (χ1v) is 15.1. The molecule has 3 atom stereocenters. The van der Waals surface area contributed by atoms with Crippen molar-refractivity contribution in [1.29, 1.82) is 10.5 Å². The van der Waals surface area contributed by atoms with E-state index in [1.54, 1.807) is 12.1 Å². The van der Waals surface area contributed by atoms with E-state index in [4.69, 9.17) is 11.0 Å². The number of amides is 1.